The fourth-order valence-electron chi connectivity index (χ4n) is 3.92. The predicted octanol–water partition coefficient (Wildman–Crippen LogP) is 3.29. The number of nitrogens with zero attached hydrogens (tertiary/aromatic N) is 3. The number of hydrogen-bond donors (Lipinski definition) is 1. The fraction of sp³-hybridized carbons (Fsp3) is 0.773. The quantitative estimate of drug-likeness (QED) is 0.212. The van der Waals surface area contributed by atoms with Crippen LogP contribution in [0.3, 0.4) is 0 Å². The van der Waals surface area contributed by atoms with Gasteiger partial charge in [0.2, 0.25) is 6.54 Å². The maximum atomic E-state index is 12.4. The van der Waals surface area contributed by atoms with Gasteiger partial charge in [-0.25, -0.2) is 16.0 Å². The van der Waals surface area contributed by atoms with Gasteiger partial charge in [-0.3, -0.25) is 19.1 Å². The average Bonchev–Trinajstić information content (AvgIpc) is 3.09. The molecular weight excluding hydrogens is 520 g/mol. The monoisotopic (exact) mass is 554 g/mol. The van der Waals surface area contributed by atoms with E-state index in [-0.39, 0.29) is 31.8 Å². The van der Waals surface area contributed by atoms with Crippen molar-refractivity contribution in [1.82, 2.24) is 14.2 Å². The third kappa shape index (κ3) is 9.44. The Kier molecular flexibility index (Phi) is 12.2. The Hall–Kier alpha value is -1.85. The molecular formula is C22H34F3N4O7P. The molecule has 0 radical (unpaired) electrons. The number of rotatable bonds is 14. The zero-order valence-corrected chi connectivity index (χ0v) is 22.3. The lowest BCUT2D eigenvalue weighted by Gasteiger charge is -2.36. The lowest BCUT2D eigenvalue weighted by Crippen LogP contribution is -2.37. The predicted molar refractivity (Wildman–Crippen MR) is 129 cm³/mol. The molecule has 1 fully saturated rings. The maximum absolute atomic E-state index is 12.4. The first-order chi connectivity index (χ1) is 17.4. The molecule has 1 aliphatic rings. The van der Waals surface area contributed by atoms with E-state index < -0.39 is 63.7 Å². The number of H-pyrrole nitrogens is 1. The molecule has 1 saturated heterocycles. The smallest absolute Gasteiger partial charge is 0.371 e. The summed E-state index contributed by atoms with van der Waals surface area (Å²) in [7, 11) is -1.56. The van der Waals surface area contributed by atoms with Crippen molar-refractivity contribution < 1.29 is 36.4 Å². The van der Waals surface area contributed by atoms with Gasteiger partial charge in [-0.05, 0) is 27.7 Å². The Bertz CT molecular complexity index is 990. The van der Waals surface area contributed by atoms with E-state index in [1.807, 2.05) is 32.4 Å². The van der Waals surface area contributed by atoms with Crippen LogP contribution in [0.5, 0.6) is 0 Å². The Morgan fingerprint density at radius 1 is 1.19 bits per heavy atom. The molecule has 1 unspecified atom stereocenters. The van der Waals surface area contributed by atoms with Crippen molar-refractivity contribution in [3.8, 4) is 0 Å². The second-order valence-electron chi connectivity index (χ2n) is 8.89. The van der Waals surface area contributed by atoms with Crippen LogP contribution in [0.1, 0.15) is 40.8 Å². The van der Waals surface area contributed by atoms with Gasteiger partial charge in [0, 0.05) is 30.3 Å². The molecule has 2 heterocycles. The standard InChI is InChI=1S/C22H34F3N4O7P/c1-14(2)29(15(3)4)37(34-10-8-26-6)35-13-17-16(5)19(32-11-12-33-22(23,24)25)20(36-17)28-9-7-18(30)27-21(28)31/h7,9,14-17,19-20H,8,10-13H2,1-5H3,(H,27,30,31)/t16-,17-,19-,20-,37?/m1/s1. The van der Waals surface area contributed by atoms with Crippen molar-refractivity contribution >= 4 is 8.53 Å². The second-order valence-corrected chi connectivity index (χ2v) is 10.3. The third-order valence-electron chi connectivity index (χ3n) is 5.49. The van der Waals surface area contributed by atoms with Gasteiger partial charge in [-0.15, -0.1) is 13.2 Å². The first-order valence-corrected chi connectivity index (χ1v) is 12.9. The molecule has 0 aliphatic carbocycles. The van der Waals surface area contributed by atoms with E-state index >= 15 is 0 Å². The molecule has 0 bridgehead atoms. The van der Waals surface area contributed by atoms with Crippen LogP contribution in [-0.4, -0.2) is 77.8 Å². The summed E-state index contributed by atoms with van der Waals surface area (Å²) in [6.07, 6.45) is -6.04. The Labute approximate surface area is 214 Å². The Morgan fingerprint density at radius 3 is 2.43 bits per heavy atom. The van der Waals surface area contributed by atoms with E-state index in [1.165, 1.54) is 6.20 Å². The summed E-state index contributed by atoms with van der Waals surface area (Å²) in [5.74, 6) is -0.415. The van der Waals surface area contributed by atoms with Gasteiger partial charge in [0.25, 0.3) is 14.1 Å². The van der Waals surface area contributed by atoms with Gasteiger partial charge < -0.3 is 23.4 Å². The number of ether oxygens (including phenoxy) is 3. The molecule has 2 rings (SSSR count). The number of alkyl halides is 3. The first kappa shape index (κ1) is 31.4. The van der Waals surface area contributed by atoms with E-state index in [1.54, 1.807) is 6.92 Å². The minimum Gasteiger partial charge on any atom is -0.371 e. The molecule has 0 amide bonds. The van der Waals surface area contributed by atoms with E-state index in [9.17, 15) is 22.8 Å². The van der Waals surface area contributed by atoms with Crippen LogP contribution in [0.15, 0.2) is 21.9 Å². The van der Waals surface area contributed by atoms with Crippen molar-refractivity contribution in [3.63, 3.8) is 0 Å². The highest BCUT2D eigenvalue weighted by Crippen LogP contribution is 2.47. The summed E-state index contributed by atoms with van der Waals surface area (Å²) in [4.78, 5) is 29.4. The number of halogens is 3. The molecule has 1 N–H and O–H groups in total. The largest absolute Gasteiger partial charge is 0.522 e. The first-order valence-electron chi connectivity index (χ1n) is 11.8. The lowest BCUT2D eigenvalue weighted by molar-refractivity contribution is -0.328. The fourth-order valence-corrected chi connectivity index (χ4v) is 5.52. The van der Waals surface area contributed by atoms with Crippen LogP contribution in [0.25, 0.3) is 4.85 Å². The highest BCUT2D eigenvalue weighted by Gasteiger charge is 2.45. The average molecular weight is 555 g/mol. The molecule has 5 atom stereocenters. The van der Waals surface area contributed by atoms with Crippen molar-refractivity contribution in [1.29, 1.82) is 0 Å². The molecule has 15 heteroatoms. The van der Waals surface area contributed by atoms with Crippen LogP contribution >= 0.6 is 8.53 Å². The summed E-state index contributed by atoms with van der Waals surface area (Å²) >= 11 is 0. The number of aromatic nitrogens is 2. The number of hydrogen-bond acceptors (Lipinski definition) is 8. The minimum absolute atomic E-state index is 0.0361. The van der Waals surface area contributed by atoms with Gasteiger partial charge in [-0.2, -0.15) is 0 Å². The highest BCUT2D eigenvalue weighted by atomic mass is 31.2. The second kappa shape index (κ2) is 14.3. The third-order valence-corrected chi connectivity index (χ3v) is 7.56. The summed E-state index contributed by atoms with van der Waals surface area (Å²) < 4.78 is 67.8. The summed E-state index contributed by atoms with van der Waals surface area (Å²) in [5, 5.41) is 0. The molecule has 1 aliphatic heterocycles. The lowest BCUT2D eigenvalue weighted by atomic mass is 10.0. The van der Waals surface area contributed by atoms with Crippen molar-refractivity contribution in [2.45, 2.75) is 71.5 Å². The van der Waals surface area contributed by atoms with Crippen LogP contribution in [0.2, 0.25) is 0 Å². The number of nitrogens with one attached hydrogen (secondary N) is 1. The van der Waals surface area contributed by atoms with Crippen molar-refractivity contribution in [2.75, 3.05) is 33.0 Å². The highest BCUT2D eigenvalue weighted by molar-refractivity contribution is 7.44. The van der Waals surface area contributed by atoms with Gasteiger partial charge in [0.1, 0.15) is 12.7 Å². The summed E-state index contributed by atoms with van der Waals surface area (Å²) in [5.41, 5.74) is -1.35. The molecule has 37 heavy (non-hydrogen) atoms. The van der Waals surface area contributed by atoms with Crippen LogP contribution in [0.4, 0.5) is 13.2 Å². The van der Waals surface area contributed by atoms with Crippen molar-refractivity contribution in [2.24, 2.45) is 5.92 Å². The topological polar surface area (TPSA) is 109 Å². The van der Waals surface area contributed by atoms with Gasteiger partial charge in [0.15, 0.2) is 6.23 Å². The Morgan fingerprint density at radius 2 is 1.86 bits per heavy atom. The van der Waals surface area contributed by atoms with Crippen LogP contribution < -0.4 is 11.2 Å². The molecule has 0 spiro atoms. The normalized spacial score (nSPS) is 23.2. The SMILES string of the molecule is [C-]#[N+]CCOP(OC[C@H]1O[C@@H](n2ccc(=O)[nH]c2=O)[C@H](OCCOC(F)(F)F)[C@@H]1C)N(C(C)C)C(C)C. The van der Waals surface area contributed by atoms with E-state index in [0.29, 0.717) is 0 Å². The maximum Gasteiger partial charge on any atom is 0.522 e. The molecule has 1 aromatic heterocycles. The summed E-state index contributed by atoms with van der Waals surface area (Å²) in [6, 6.07) is 1.30. The molecule has 1 aromatic rings. The van der Waals surface area contributed by atoms with Gasteiger partial charge in [0.05, 0.1) is 25.9 Å². The van der Waals surface area contributed by atoms with E-state index in [4.69, 9.17) is 25.1 Å². The molecule has 0 saturated carbocycles. The molecule has 0 aromatic carbocycles. The van der Waals surface area contributed by atoms with Gasteiger partial charge >= 0.3 is 12.1 Å². The zero-order chi connectivity index (χ0) is 27.8. The summed E-state index contributed by atoms with van der Waals surface area (Å²) in [6.45, 7) is 16.0. The van der Waals surface area contributed by atoms with Crippen molar-refractivity contribution in [3.05, 3.63) is 44.5 Å². The molecule has 210 valence electrons. The zero-order valence-electron chi connectivity index (χ0n) is 21.4. The minimum atomic E-state index is -4.80. The number of aromatic amines is 1. The van der Waals surface area contributed by atoms with E-state index in [2.05, 4.69) is 14.6 Å². The molecule has 11 nitrogen and oxygen atoms in total. The Balaban J connectivity index is 2.20. The van der Waals surface area contributed by atoms with Crippen LogP contribution in [-0.2, 0) is 23.3 Å². The van der Waals surface area contributed by atoms with Gasteiger partial charge in [-0.1, -0.05) is 6.92 Å². The van der Waals surface area contributed by atoms with Crippen LogP contribution in [0, 0.1) is 12.5 Å². The van der Waals surface area contributed by atoms with E-state index in [0.717, 1.165) is 10.6 Å².